The Hall–Kier alpha value is -2.66. The van der Waals surface area contributed by atoms with Gasteiger partial charge < -0.3 is 9.47 Å². The summed E-state index contributed by atoms with van der Waals surface area (Å²) in [4.78, 5) is 16.6. The number of carbonyl (C=O) groups excluding carboxylic acids is 1. The summed E-state index contributed by atoms with van der Waals surface area (Å²) in [6, 6.07) is 14.0. The maximum absolute atomic E-state index is 13.6. The van der Waals surface area contributed by atoms with Crippen molar-refractivity contribution in [1.82, 2.24) is 15.3 Å². The third-order valence-electron chi connectivity index (χ3n) is 7.32. The van der Waals surface area contributed by atoms with Gasteiger partial charge in [0, 0.05) is 25.6 Å². The molecule has 2 aromatic carbocycles. The second-order valence-electron chi connectivity index (χ2n) is 9.74. The molecule has 2 saturated heterocycles. The molecule has 2 aliphatic heterocycles. The number of nitrogens with one attached hydrogen (secondary N) is 1. The van der Waals surface area contributed by atoms with Crippen LogP contribution in [0.2, 0.25) is 0 Å². The number of hydrogen-bond donors (Lipinski definition) is 2. The predicted molar refractivity (Wildman–Crippen MR) is 139 cm³/mol. The highest BCUT2D eigenvalue weighted by atomic mass is 32.2. The molecule has 2 fully saturated rings. The zero-order valence-corrected chi connectivity index (χ0v) is 22.2. The van der Waals surface area contributed by atoms with Gasteiger partial charge in [-0.1, -0.05) is 18.6 Å². The van der Waals surface area contributed by atoms with Crippen LogP contribution in [0.25, 0.3) is 0 Å². The van der Waals surface area contributed by atoms with Crippen LogP contribution in [-0.2, 0) is 21.2 Å². The Kier molecular flexibility index (Phi) is 9.42. The summed E-state index contributed by atoms with van der Waals surface area (Å²) in [6.45, 7) is 4.66. The fourth-order valence-electron chi connectivity index (χ4n) is 5.13. The van der Waals surface area contributed by atoms with E-state index in [0.29, 0.717) is 31.9 Å². The van der Waals surface area contributed by atoms with Gasteiger partial charge in [-0.15, -0.1) is 0 Å². The minimum Gasteiger partial charge on any atom is -0.497 e. The van der Waals surface area contributed by atoms with Crippen molar-refractivity contribution in [2.45, 2.75) is 48.9 Å². The number of nitrogens with zero attached hydrogens (tertiary/aromatic N) is 2. The number of benzene rings is 2. The first-order valence-electron chi connectivity index (χ1n) is 12.9. The number of amides is 1. The summed E-state index contributed by atoms with van der Waals surface area (Å²) in [7, 11) is -2.26. The average molecular weight is 532 g/mol. The van der Waals surface area contributed by atoms with Crippen LogP contribution in [0.3, 0.4) is 0 Å². The first-order valence-corrected chi connectivity index (χ1v) is 14.5. The number of rotatable bonds is 10. The molecule has 0 aromatic heterocycles. The van der Waals surface area contributed by atoms with Crippen molar-refractivity contribution >= 4 is 15.7 Å². The minimum atomic E-state index is -3.78. The van der Waals surface area contributed by atoms with Gasteiger partial charge in [0.2, 0.25) is 5.91 Å². The Bertz CT molecular complexity index is 1120. The molecule has 9 nitrogen and oxygen atoms in total. The monoisotopic (exact) mass is 531 g/mol. The van der Waals surface area contributed by atoms with Gasteiger partial charge >= 0.3 is 0 Å². The van der Waals surface area contributed by atoms with Gasteiger partial charge in [0.25, 0.3) is 0 Å². The van der Waals surface area contributed by atoms with Crippen molar-refractivity contribution in [3.05, 3.63) is 54.1 Å². The highest BCUT2D eigenvalue weighted by Gasteiger charge is 2.40. The first-order chi connectivity index (χ1) is 17.9. The summed E-state index contributed by atoms with van der Waals surface area (Å²) < 4.78 is 38.4. The maximum Gasteiger partial charge on any atom is 0.246 e. The Morgan fingerprint density at radius 1 is 1.00 bits per heavy atom. The molecule has 10 heteroatoms. The highest BCUT2D eigenvalue weighted by Crippen LogP contribution is 2.32. The van der Waals surface area contributed by atoms with Gasteiger partial charge in [-0.05, 0) is 80.7 Å². The molecule has 1 amide bonds. The molecular weight excluding hydrogens is 494 g/mol. The van der Waals surface area contributed by atoms with Crippen molar-refractivity contribution in [3.63, 3.8) is 0 Å². The largest absolute Gasteiger partial charge is 0.497 e. The lowest BCUT2D eigenvalue weighted by molar-refractivity contribution is -0.135. The second-order valence-corrected chi connectivity index (χ2v) is 11.8. The lowest BCUT2D eigenvalue weighted by Gasteiger charge is -2.38. The SMILES string of the molecule is COc1ccc(S(=O)(=O)C2CC(C(=O)NO)CCN2Cc2ccc(OCCN3CCCCC3)cc2)cc1. The zero-order valence-electron chi connectivity index (χ0n) is 21.3. The van der Waals surface area contributed by atoms with E-state index in [1.807, 2.05) is 29.2 Å². The van der Waals surface area contributed by atoms with Crippen LogP contribution >= 0.6 is 0 Å². The highest BCUT2D eigenvalue weighted by molar-refractivity contribution is 7.92. The number of carbonyl (C=O) groups is 1. The van der Waals surface area contributed by atoms with E-state index in [1.165, 1.54) is 38.5 Å². The van der Waals surface area contributed by atoms with Crippen LogP contribution in [-0.4, -0.2) is 74.6 Å². The molecule has 37 heavy (non-hydrogen) atoms. The molecule has 0 spiro atoms. The van der Waals surface area contributed by atoms with Crippen LogP contribution in [0.1, 0.15) is 37.7 Å². The standard InChI is InChI=1S/C27H37N3O6S/c1-35-23-9-11-25(12-10-23)37(33,34)26-19-22(27(31)28-32)13-16-30(26)20-21-5-7-24(8-6-21)36-18-17-29-14-3-2-4-15-29/h5-12,22,26,32H,2-4,13-20H2,1H3,(H,28,31). The number of hydroxylamine groups is 1. The van der Waals surface area contributed by atoms with E-state index in [9.17, 15) is 13.2 Å². The van der Waals surface area contributed by atoms with Crippen LogP contribution < -0.4 is 15.0 Å². The van der Waals surface area contributed by atoms with Gasteiger partial charge in [0.1, 0.15) is 23.5 Å². The predicted octanol–water partition coefficient (Wildman–Crippen LogP) is 3.08. The second kappa shape index (κ2) is 12.7. The molecule has 0 aliphatic carbocycles. The molecule has 2 aromatic rings. The Morgan fingerprint density at radius 3 is 2.32 bits per heavy atom. The quantitative estimate of drug-likeness (QED) is 0.356. The van der Waals surface area contributed by atoms with E-state index in [2.05, 4.69) is 4.90 Å². The van der Waals surface area contributed by atoms with Crippen LogP contribution in [0.4, 0.5) is 0 Å². The van der Waals surface area contributed by atoms with Crippen molar-refractivity contribution < 1.29 is 27.9 Å². The molecule has 2 atom stereocenters. The molecule has 0 radical (unpaired) electrons. The maximum atomic E-state index is 13.6. The van der Waals surface area contributed by atoms with E-state index < -0.39 is 27.0 Å². The third kappa shape index (κ3) is 7.01. The Balaban J connectivity index is 1.43. The Labute approximate surface area is 219 Å². The molecule has 202 valence electrons. The topological polar surface area (TPSA) is 108 Å². The number of methoxy groups -OCH3 is 1. The fourth-order valence-corrected chi connectivity index (χ4v) is 7.02. The molecule has 0 bridgehead atoms. The summed E-state index contributed by atoms with van der Waals surface area (Å²) in [5.41, 5.74) is 2.65. The molecule has 2 aliphatic rings. The summed E-state index contributed by atoms with van der Waals surface area (Å²) in [5.74, 6) is 0.215. The number of likely N-dealkylation sites (tertiary alicyclic amines) is 2. The molecule has 2 N–H and O–H groups in total. The number of piperidine rings is 2. The van der Waals surface area contributed by atoms with Crippen LogP contribution in [0.5, 0.6) is 11.5 Å². The number of hydrogen-bond acceptors (Lipinski definition) is 8. The van der Waals surface area contributed by atoms with E-state index >= 15 is 0 Å². The van der Waals surface area contributed by atoms with Crippen molar-refractivity contribution in [3.8, 4) is 11.5 Å². The van der Waals surface area contributed by atoms with Gasteiger partial charge in [-0.3, -0.25) is 19.8 Å². The van der Waals surface area contributed by atoms with E-state index in [0.717, 1.165) is 30.9 Å². The van der Waals surface area contributed by atoms with Crippen molar-refractivity contribution in [2.75, 3.05) is 39.9 Å². The van der Waals surface area contributed by atoms with Crippen molar-refractivity contribution in [1.29, 1.82) is 0 Å². The molecule has 2 unspecified atom stereocenters. The molecule has 0 saturated carbocycles. The summed E-state index contributed by atoms with van der Waals surface area (Å²) >= 11 is 0. The molecule has 2 heterocycles. The lowest BCUT2D eigenvalue weighted by atomic mass is 9.95. The number of sulfone groups is 1. The summed E-state index contributed by atoms with van der Waals surface area (Å²) in [5, 5.41) is 8.22. The summed E-state index contributed by atoms with van der Waals surface area (Å²) in [6.07, 6.45) is 4.38. The first kappa shape index (κ1) is 27.4. The third-order valence-corrected chi connectivity index (χ3v) is 9.46. The van der Waals surface area contributed by atoms with E-state index in [4.69, 9.17) is 14.7 Å². The minimum absolute atomic E-state index is 0.0957. The van der Waals surface area contributed by atoms with Gasteiger partial charge in [-0.2, -0.15) is 0 Å². The van der Waals surface area contributed by atoms with Crippen LogP contribution in [0, 0.1) is 5.92 Å². The fraction of sp³-hybridized carbons (Fsp3) is 0.519. The Morgan fingerprint density at radius 2 is 1.68 bits per heavy atom. The van der Waals surface area contributed by atoms with E-state index in [1.54, 1.807) is 17.6 Å². The smallest absolute Gasteiger partial charge is 0.246 e. The van der Waals surface area contributed by atoms with Gasteiger partial charge in [0.05, 0.1) is 12.0 Å². The number of ether oxygens (including phenoxy) is 2. The molecular formula is C27H37N3O6S. The molecule has 4 rings (SSSR count). The normalized spacial score (nSPS) is 21.4. The van der Waals surface area contributed by atoms with Gasteiger partial charge in [-0.25, -0.2) is 13.9 Å². The van der Waals surface area contributed by atoms with Crippen LogP contribution in [0.15, 0.2) is 53.4 Å². The lowest BCUT2D eigenvalue weighted by Crippen LogP contribution is -2.49. The zero-order chi connectivity index (χ0) is 26.3. The van der Waals surface area contributed by atoms with Crippen molar-refractivity contribution in [2.24, 2.45) is 5.92 Å². The van der Waals surface area contributed by atoms with E-state index in [-0.39, 0.29) is 11.3 Å². The average Bonchev–Trinajstić information content (AvgIpc) is 2.94. The van der Waals surface area contributed by atoms with Gasteiger partial charge in [0.15, 0.2) is 9.84 Å².